The van der Waals surface area contributed by atoms with E-state index in [0.717, 1.165) is 12.8 Å². The highest BCUT2D eigenvalue weighted by Crippen LogP contribution is 2.45. The van der Waals surface area contributed by atoms with Crippen LogP contribution in [0.2, 0.25) is 0 Å². The van der Waals surface area contributed by atoms with Gasteiger partial charge in [-0.3, -0.25) is 4.79 Å². The second-order valence-corrected chi connectivity index (χ2v) is 5.53. The van der Waals surface area contributed by atoms with Gasteiger partial charge in [0, 0.05) is 12.8 Å². The first-order chi connectivity index (χ1) is 7.34. The summed E-state index contributed by atoms with van der Waals surface area (Å²) in [4.78, 5) is 11.9. The minimum atomic E-state index is 0.543. The molecule has 0 spiro atoms. The summed E-state index contributed by atoms with van der Waals surface area (Å²) in [5.41, 5.74) is 3.46. The Morgan fingerprint density at radius 2 is 1.40 bits per heavy atom. The Hall–Kier alpha value is -0.590. The van der Waals surface area contributed by atoms with E-state index in [2.05, 4.69) is 0 Å². The third-order valence-corrected chi connectivity index (χ3v) is 4.59. The number of allylic oxidation sites excluding steroid dienone is 2. The maximum atomic E-state index is 11.9. The zero-order chi connectivity index (χ0) is 10.3. The van der Waals surface area contributed by atoms with E-state index in [0.29, 0.717) is 17.6 Å². The van der Waals surface area contributed by atoms with E-state index in [4.69, 9.17) is 0 Å². The molecule has 15 heavy (non-hydrogen) atoms. The van der Waals surface area contributed by atoms with Gasteiger partial charge in [-0.1, -0.05) is 17.6 Å². The van der Waals surface area contributed by atoms with Gasteiger partial charge in [-0.15, -0.1) is 0 Å². The lowest BCUT2D eigenvalue weighted by atomic mass is 9.79. The first kappa shape index (κ1) is 9.62. The summed E-state index contributed by atoms with van der Waals surface area (Å²) in [7, 11) is 0. The maximum absolute atomic E-state index is 11.9. The van der Waals surface area contributed by atoms with Crippen LogP contribution in [-0.4, -0.2) is 5.78 Å². The van der Waals surface area contributed by atoms with Crippen molar-refractivity contribution in [2.45, 2.75) is 57.8 Å². The molecule has 2 saturated carbocycles. The van der Waals surface area contributed by atoms with Gasteiger partial charge in [-0.05, 0) is 50.4 Å². The van der Waals surface area contributed by atoms with Crippen LogP contribution in [0, 0.1) is 11.8 Å². The van der Waals surface area contributed by atoms with Gasteiger partial charge < -0.3 is 0 Å². The molecule has 0 amide bonds. The predicted octanol–water partition coefficient (Wildman–Crippen LogP) is 3.64. The maximum Gasteiger partial charge on any atom is 0.134 e. The van der Waals surface area contributed by atoms with Gasteiger partial charge in [0.15, 0.2) is 0 Å². The average molecular weight is 204 g/mol. The Labute approximate surface area is 91.9 Å². The molecule has 0 aromatic rings. The van der Waals surface area contributed by atoms with E-state index in [9.17, 15) is 4.79 Å². The molecule has 2 fully saturated rings. The van der Waals surface area contributed by atoms with E-state index < -0.39 is 0 Å². The highest BCUT2D eigenvalue weighted by molar-refractivity contribution is 5.80. The van der Waals surface area contributed by atoms with Crippen molar-refractivity contribution in [3.63, 3.8) is 0 Å². The number of ketones is 1. The smallest absolute Gasteiger partial charge is 0.134 e. The van der Waals surface area contributed by atoms with Gasteiger partial charge in [0.25, 0.3) is 0 Å². The van der Waals surface area contributed by atoms with Crippen LogP contribution in [0.3, 0.4) is 0 Å². The molecular weight excluding hydrogens is 184 g/mol. The molecule has 0 saturated heterocycles. The summed E-state index contributed by atoms with van der Waals surface area (Å²) in [5.74, 6) is 1.86. The largest absolute Gasteiger partial charge is 0.300 e. The molecule has 3 aliphatic carbocycles. The summed E-state index contributed by atoms with van der Waals surface area (Å²) in [5, 5.41) is 0. The molecule has 1 heteroatoms. The summed E-state index contributed by atoms with van der Waals surface area (Å²) in [6.45, 7) is 0. The number of hydrogen-bond acceptors (Lipinski definition) is 1. The third-order valence-electron chi connectivity index (χ3n) is 4.59. The van der Waals surface area contributed by atoms with Gasteiger partial charge >= 0.3 is 0 Å². The molecule has 3 rings (SSSR count). The Balaban J connectivity index is 1.97. The third kappa shape index (κ3) is 1.66. The van der Waals surface area contributed by atoms with Crippen LogP contribution in [0.5, 0.6) is 0 Å². The van der Waals surface area contributed by atoms with Crippen LogP contribution >= 0.6 is 0 Å². The number of hydrogen-bond donors (Lipinski definition) is 0. The van der Waals surface area contributed by atoms with Crippen LogP contribution in [-0.2, 0) is 4.79 Å². The molecule has 0 aromatic carbocycles. The van der Waals surface area contributed by atoms with E-state index in [1.54, 1.807) is 11.1 Å². The van der Waals surface area contributed by atoms with Crippen LogP contribution < -0.4 is 0 Å². The van der Waals surface area contributed by atoms with E-state index in [1.807, 2.05) is 0 Å². The molecule has 0 heterocycles. The first-order valence-electron chi connectivity index (χ1n) is 6.58. The highest BCUT2D eigenvalue weighted by atomic mass is 16.1. The van der Waals surface area contributed by atoms with Crippen LogP contribution in [0.15, 0.2) is 11.1 Å². The quantitative estimate of drug-likeness (QED) is 0.551. The lowest BCUT2D eigenvalue weighted by Gasteiger charge is -2.26. The topological polar surface area (TPSA) is 17.1 Å². The molecule has 3 aliphatic rings. The lowest BCUT2D eigenvalue weighted by Crippen LogP contribution is -2.13. The number of fused-ring (bicyclic) bond motifs is 2. The SMILES string of the molecule is O=C1C[C@H]2CCCCC2=C2CCC[C@H]2C1. The van der Waals surface area contributed by atoms with E-state index in [1.165, 1.54) is 44.9 Å². The van der Waals surface area contributed by atoms with Gasteiger partial charge in [-0.2, -0.15) is 0 Å². The Bertz CT molecular complexity index is 313. The number of carbonyl (C=O) groups is 1. The molecular formula is C14H20O. The van der Waals surface area contributed by atoms with Crippen LogP contribution in [0.4, 0.5) is 0 Å². The molecule has 0 aliphatic heterocycles. The summed E-state index contributed by atoms with van der Waals surface area (Å²) in [6, 6.07) is 0. The van der Waals surface area contributed by atoms with Crippen LogP contribution in [0.1, 0.15) is 57.8 Å². The van der Waals surface area contributed by atoms with Crippen molar-refractivity contribution < 1.29 is 4.79 Å². The fourth-order valence-corrected chi connectivity index (χ4v) is 3.93. The molecule has 2 atom stereocenters. The van der Waals surface area contributed by atoms with Crippen molar-refractivity contribution in [3.05, 3.63) is 11.1 Å². The fraction of sp³-hybridized carbons (Fsp3) is 0.786. The number of Topliss-reactive ketones (excluding diaryl/α,β-unsaturated/α-hetero) is 1. The highest BCUT2D eigenvalue weighted by Gasteiger charge is 2.34. The predicted molar refractivity (Wildman–Crippen MR) is 60.6 cm³/mol. The summed E-state index contributed by atoms with van der Waals surface area (Å²) < 4.78 is 0. The second kappa shape index (κ2) is 3.77. The van der Waals surface area contributed by atoms with Gasteiger partial charge in [0.05, 0.1) is 0 Å². The van der Waals surface area contributed by atoms with Crippen molar-refractivity contribution in [2.75, 3.05) is 0 Å². The van der Waals surface area contributed by atoms with Crippen molar-refractivity contribution in [1.82, 2.24) is 0 Å². The summed E-state index contributed by atoms with van der Waals surface area (Å²) in [6.07, 6.45) is 11.0. The molecule has 0 N–H and O–H groups in total. The van der Waals surface area contributed by atoms with Crippen molar-refractivity contribution in [2.24, 2.45) is 11.8 Å². The minimum Gasteiger partial charge on any atom is -0.300 e. The zero-order valence-corrected chi connectivity index (χ0v) is 9.43. The molecule has 0 unspecified atom stereocenters. The van der Waals surface area contributed by atoms with Crippen molar-refractivity contribution >= 4 is 5.78 Å². The minimum absolute atomic E-state index is 0.543. The number of rotatable bonds is 0. The molecule has 0 aromatic heterocycles. The van der Waals surface area contributed by atoms with E-state index >= 15 is 0 Å². The molecule has 0 radical (unpaired) electrons. The van der Waals surface area contributed by atoms with Crippen molar-refractivity contribution in [1.29, 1.82) is 0 Å². The molecule has 0 bridgehead atoms. The van der Waals surface area contributed by atoms with Gasteiger partial charge in [0.1, 0.15) is 5.78 Å². The Kier molecular flexibility index (Phi) is 2.42. The fourth-order valence-electron chi connectivity index (χ4n) is 3.93. The molecule has 82 valence electrons. The monoisotopic (exact) mass is 204 g/mol. The van der Waals surface area contributed by atoms with Crippen LogP contribution in [0.25, 0.3) is 0 Å². The zero-order valence-electron chi connectivity index (χ0n) is 9.43. The lowest BCUT2D eigenvalue weighted by molar-refractivity contribution is -0.120. The normalized spacial score (nSPS) is 36.1. The number of carbonyl (C=O) groups excluding carboxylic acids is 1. The van der Waals surface area contributed by atoms with E-state index in [-0.39, 0.29) is 0 Å². The van der Waals surface area contributed by atoms with Gasteiger partial charge in [-0.25, -0.2) is 0 Å². The Morgan fingerprint density at radius 3 is 2.13 bits per heavy atom. The van der Waals surface area contributed by atoms with Gasteiger partial charge in [0.2, 0.25) is 0 Å². The average Bonchev–Trinajstić information content (AvgIpc) is 2.62. The standard InChI is InChI=1S/C14H20O/c15-12-8-10-4-1-2-6-13(10)14-7-3-5-11(14)9-12/h10-11H,1-9H2/t10-,11+/m1/s1. The Morgan fingerprint density at radius 1 is 0.800 bits per heavy atom. The summed E-state index contributed by atoms with van der Waals surface area (Å²) >= 11 is 0. The second-order valence-electron chi connectivity index (χ2n) is 5.53. The molecule has 1 nitrogen and oxygen atoms in total. The first-order valence-corrected chi connectivity index (χ1v) is 6.58. The van der Waals surface area contributed by atoms with Crippen molar-refractivity contribution in [3.8, 4) is 0 Å².